The topological polar surface area (TPSA) is 71.9 Å². The van der Waals surface area contributed by atoms with Gasteiger partial charge in [-0.05, 0) is 55.2 Å². The number of carbonyl (C=O) groups excluding carboxylic acids is 1. The molecule has 0 spiro atoms. The minimum Gasteiger partial charge on any atom is -0.337 e. The van der Waals surface area contributed by atoms with Gasteiger partial charge >= 0.3 is 0 Å². The molecular weight excluding hydrogens is 422 g/mol. The van der Waals surface area contributed by atoms with Crippen molar-refractivity contribution in [2.24, 2.45) is 0 Å². The maximum absolute atomic E-state index is 13.1. The molecule has 5 rings (SSSR count). The summed E-state index contributed by atoms with van der Waals surface area (Å²) in [4.78, 5) is 32.7. The lowest BCUT2D eigenvalue weighted by Gasteiger charge is -2.31. The van der Waals surface area contributed by atoms with Crippen molar-refractivity contribution < 1.29 is 4.79 Å². The molecule has 0 aliphatic carbocycles. The second-order valence-electron chi connectivity index (χ2n) is 8.76. The molecule has 0 bridgehead atoms. The first-order valence-electron chi connectivity index (χ1n) is 11.7. The van der Waals surface area contributed by atoms with Crippen LogP contribution in [0.5, 0.6) is 0 Å². The van der Waals surface area contributed by atoms with E-state index >= 15 is 0 Å². The van der Waals surface area contributed by atoms with Gasteiger partial charge in [0.25, 0.3) is 5.91 Å². The van der Waals surface area contributed by atoms with E-state index < -0.39 is 0 Å². The summed E-state index contributed by atoms with van der Waals surface area (Å²) in [6, 6.07) is 20.3. The molecule has 1 aliphatic heterocycles. The van der Waals surface area contributed by atoms with Crippen molar-refractivity contribution in [3.05, 3.63) is 108 Å². The van der Waals surface area contributed by atoms with E-state index in [1.54, 1.807) is 18.5 Å². The van der Waals surface area contributed by atoms with Gasteiger partial charge in [-0.1, -0.05) is 36.4 Å². The first kappa shape index (κ1) is 21.9. The first-order chi connectivity index (χ1) is 16.7. The molecule has 0 atom stereocenters. The fourth-order valence-electron chi connectivity index (χ4n) is 4.51. The Hall–Kier alpha value is -3.93. The van der Waals surface area contributed by atoms with Crippen LogP contribution < -0.4 is 0 Å². The third-order valence-corrected chi connectivity index (χ3v) is 6.49. The molecule has 0 N–H and O–H groups in total. The molecule has 4 heterocycles. The molecule has 1 amide bonds. The van der Waals surface area contributed by atoms with Gasteiger partial charge in [0, 0.05) is 54.8 Å². The van der Waals surface area contributed by atoms with Gasteiger partial charge < -0.3 is 4.90 Å². The predicted molar refractivity (Wildman–Crippen MR) is 131 cm³/mol. The summed E-state index contributed by atoms with van der Waals surface area (Å²) >= 11 is 0. The van der Waals surface area contributed by atoms with Crippen molar-refractivity contribution in [1.29, 1.82) is 0 Å². The number of hydrogen-bond acceptors (Lipinski definition) is 5. The fourth-order valence-corrected chi connectivity index (χ4v) is 4.51. The number of amides is 1. The van der Waals surface area contributed by atoms with E-state index in [9.17, 15) is 4.79 Å². The van der Waals surface area contributed by atoms with Crippen LogP contribution in [0.4, 0.5) is 0 Å². The lowest BCUT2D eigenvalue weighted by Crippen LogP contribution is -2.38. The van der Waals surface area contributed by atoms with Gasteiger partial charge in [-0.15, -0.1) is 0 Å². The molecule has 6 heteroatoms. The summed E-state index contributed by atoms with van der Waals surface area (Å²) in [5.41, 5.74) is 6.78. The van der Waals surface area contributed by atoms with Crippen LogP contribution in [0.3, 0.4) is 0 Å². The SMILES string of the molecule is Cc1ccccc1Cc1cccc(C2CCN(C(=O)c3cccc(-c4cncnc4)n3)CC2)n1. The Morgan fingerprint density at radius 1 is 0.912 bits per heavy atom. The number of aryl methyl sites for hydroxylation is 1. The highest BCUT2D eigenvalue weighted by molar-refractivity contribution is 5.93. The van der Waals surface area contributed by atoms with Crippen LogP contribution in [-0.2, 0) is 6.42 Å². The predicted octanol–water partition coefficient (Wildman–Crippen LogP) is 4.85. The smallest absolute Gasteiger partial charge is 0.272 e. The van der Waals surface area contributed by atoms with E-state index in [1.807, 2.05) is 17.0 Å². The Bertz CT molecular complexity index is 1280. The highest BCUT2D eigenvalue weighted by Gasteiger charge is 2.26. The average molecular weight is 450 g/mol. The molecule has 1 fully saturated rings. The van der Waals surface area contributed by atoms with E-state index in [0.717, 1.165) is 36.2 Å². The Kier molecular flexibility index (Phi) is 6.38. The summed E-state index contributed by atoms with van der Waals surface area (Å²) in [5, 5.41) is 0. The Labute approximate surface area is 199 Å². The zero-order valence-electron chi connectivity index (χ0n) is 19.3. The number of benzene rings is 1. The van der Waals surface area contributed by atoms with Gasteiger partial charge in [0.2, 0.25) is 0 Å². The number of nitrogens with zero attached hydrogens (tertiary/aromatic N) is 5. The quantitative estimate of drug-likeness (QED) is 0.435. The second-order valence-corrected chi connectivity index (χ2v) is 8.76. The summed E-state index contributed by atoms with van der Waals surface area (Å²) in [6.45, 7) is 3.55. The fraction of sp³-hybridized carbons (Fsp3) is 0.250. The summed E-state index contributed by atoms with van der Waals surface area (Å²) < 4.78 is 0. The summed E-state index contributed by atoms with van der Waals surface area (Å²) in [7, 11) is 0. The van der Waals surface area contributed by atoms with Crippen LogP contribution in [-0.4, -0.2) is 43.8 Å². The van der Waals surface area contributed by atoms with E-state index in [2.05, 4.69) is 64.3 Å². The average Bonchev–Trinajstić information content (AvgIpc) is 2.90. The van der Waals surface area contributed by atoms with Crippen molar-refractivity contribution in [1.82, 2.24) is 24.8 Å². The molecule has 4 aromatic rings. The van der Waals surface area contributed by atoms with Crippen LogP contribution in [0, 0.1) is 6.92 Å². The third kappa shape index (κ3) is 4.86. The Morgan fingerprint density at radius 3 is 2.47 bits per heavy atom. The van der Waals surface area contributed by atoms with Crippen molar-refractivity contribution in [3.63, 3.8) is 0 Å². The molecule has 1 aliphatic rings. The normalized spacial score (nSPS) is 14.2. The number of carbonyl (C=O) groups is 1. The zero-order chi connectivity index (χ0) is 23.3. The van der Waals surface area contributed by atoms with E-state index in [0.29, 0.717) is 30.4 Å². The molecule has 6 nitrogen and oxygen atoms in total. The van der Waals surface area contributed by atoms with Crippen LogP contribution in [0.1, 0.15) is 51.8 Å². The summed E-state index contributed by atoms with van der Waals surface area (Å²) in [6.07, 6.45) is 7.53. The molecule has 3 aromatic heterocycles. The zero-order valence-corrected chi connectivity index (χ0v) is 19.3. The Morgan fingerprint density at radius 2 is 1.68 bits per heavy atom. The van der Waals surface area contributed by atoms with Crippen LogP contribution in [0.15, 0.2) is 79.4 Å². The maximum Gasteiger partial charge on any atom is 0.272 e. The molecule has 0 radical (unpaired) electrons. The van der Waals surface area contributed by atoms with Gasteiger partial charge in [0.15, 0.2) is 0 Å². The van der Waals surface area contributed by atoms with Gasteiger partial charge in [0.05, 0.1) is 5.69 Å². The van der Waals surface area contributed by atoms with E-state index in [1.165, 1.54) is 17.5 Å². The van der Waals surface area contributed by atoms with Gasteiger partial charge in [0.1, 0.15) is 12.0 Å². The lowest BCUT2D eigenvalue weighted by atomic mass is 9.92. The molecule has 170 valence electrons. The molecule has 0 unspecified atom stereocenters. The monoisotopic (exact) mass is 449 g/mol. The maximum atomic E-state index is 13.1. The lowest BCUT2D eigenvalue weighted by molar-refractivity contribution is 0.0706. The Balaban J connectivity index is 1.24. The number of aromatic nitrogens is 4. The van der Waals surface area contributed by atoms with Crippen LogP contribution >= 0.6 is 0 Å². The van der Waals surface area contributed by atoms with Crippen molar-refractivity contribution in [3.8, 4) is 11.3 Å². The molecule has 1 aromatic carbocycles. The van der Waals surface area contributed by atoms with Gasteiger partial charge in [-0.3, -0.25) is 9.78 Å². The number of pyridine rings is 2. The number of piperidine rings is 1. The number of rotatable bonds is 5. The highest BCUT2D eigenvalue weighted by atomic mass is 16.2. The van der Waals surface area contributed by atoms with Crippen LogP contribution in [0.25, 0.3) is 11.3 Å². The highest BCUT2D eigenvalue weighted by Crippen LogP contribution is 2.28. The summed E-state index contributed by atoms with van der Waals surface area (Å²) in [5.74, 6) is 0.333. The largest absolute Gasteiger partial charge is 0.337 e. The van der Waals surface area contributed by atoms with Gasteiger partial charge in [-0.2, -0.15) is 0 Å². The standard InChI is InChI=1S/C28H27N5O/c1-20-6-2-3-7-22(20)16-24-8-4-9-25(31-24)21-12-14-33(15-13-21)28(34)27-11-5-10-26(32-27)23-17-29-19-30-18-23/h2-11,17-19,21H,12-16H2,1H3. The number of likely N-dealkylation sites (tertiary alicyclic amines) is 1. The van der Waals surface area contributed by atoms with Crippen molar-refractivity contribution in [2.75, 3.05) is 13.1 Å². The van der Waals surface area contributed by atoms with Crippen LogP contribution in [0.2, 0.25) is 0 Å². The first-order valence-corrected chi connectivity index (χ1v) is 11.7. The van der Waals surface area contributed by atoms with Crippen molar-refractivity contribution in [2.45, 2.75) is 32.1 Å². The van der Waals surface area contributed by atoms with E-state index in [4.69, 9.17) is 4.98 Å². The molecule has 0 saturated carbocycles. The van der Waals surface area contributed by atoms with Gasteiger partial charge in [-0.25, -0.2) is 15.0 Å². The van der Waals surface area contributed by atoms with E-state index in [-0.39, 0.29) is 5.91 Å². The minimum absolute atomic E-state index is 0.0292. The number of hydrogen-bond donors (Lipinski definition) is 0. The second kappa shape index (κ2) is 9.91. The minimum atomic E-state index is -0.0292. The molecule has 1 saturated heterocycles. The van der Waals surface area contributed by atoms with Crippen molar-refractivity contribution >= 4 is 5.91 Å². The molecular formula is C28H27N5O. The molecule has 34 heavy (non-hydrogen) atoms. The third-order valence-electron chi connectivity index (χ3n) is 6.49.